The molecule has 64 heavy (non-hydrogen) atoms. The van der Waals surface area contributed by atoms with Crippen LogP contribution in [0.2, 0.25) is 0 Å². The second-order valence-corrected chi connectivity index (χ2v) is 18.6. The summed E-state index contributed by atoms with van der Waals surface area (Å²) in [6, 6.07) is 15.3. The number of likely N-dealkylation sites (tertiary alicyclic amines) is 2. The maximum absolute atomic E-state index is 14.7. The molecular formula is C48H60N10O6. The molecule has 0 aliphatic carbocycles. The van der Waals surface area contributed by atoms with Crippen LogP contribution in [0.3, 0.4) is 0 Å². The van der Waals surface area contributed by atoms with Crippen molar-refractivity contribution in [2.75, 3.05) is 57.3 Å². The molecule has 16 nitrogen and oxygen atoms in total. The number of nitrogens with one attached hydrogen (secondary N) is 4. The summed E-state index contributed by atoms with van der Waals surface area (Å²) in [5.74, 6) is -0.573. The summed E-state index contributed by atoms with van der Waals surface area (Å²) in [5.41, 5.74) is 4.51. The first-order valence-electron chi connectivity index (χ1n) is 22.6. The number of ether oxygens (including phenoxy) is 1. The molecule has 0 unspecified atom stereocenters. The maximum atomic E-state index is 14.7. The molecular weight excluding hydrogens is 813 g/mol. The molecule has 6 heterocycles. The third kappa shape index (κ3) is 10.5. The topological polar surface area (TPSA) is 189 Å². The van der Waals surface area contributed by atoms with Crippen LogP contribution in [0, 0.1) is 12.8 Å². The Morgan fingerprint density at radius 2 is 1.52 bits per heavy atom. The Kier molecular flexibility index (Phi) is 13.2. The number of pyridine rings is 2. The normalized spacial score (nSPS) is 17.6. The maximum Gasteiger partial charge on any atom is 0.410 e. The Labute approximate surface area is 373 Å². The average Bonchev–Trinajstić information content (AvgIpc) is 3.78. The fraction of sp³-hybridized carbons (Fsp3) is 0.479. The molecule has 5 amide bonds. The standard InChI is InChI=1S/C48H60N10O6/c1-31-25-33(26-36-30-50-54-42(31)36)28-40(53-46(62)57-19-13-34(14-20-57)38-29-35-7-5-6-8-39(35)51-43(38)59)44(60)52-41(27-32-11-17-58(18-12-32)47(63)64-48(2,3)4)45(61)56-23-21-55(22-24-56)37-9-15-49-16-10-37/h5-10,15-16,25-26,29-30,32,34,40-41H,11-14,17-24,27-28H2,1-4H3,(H,50,54)(H,51,59)(H,52,60)(H,53,62)/t40-,41+/m1/s1. The van der Waals surface area contributed by atoms with Crippen LogP contribution in [0.15, 0.2) is 78.0 Å². The van der Waals surface area contributed by atoms with Crippen LogP contribution in [-0.2, 0) is 20.7 Å². The van der Waals surface area contributed by atoms with E-state index in [1.807, 2.05) is 87.2 Å². The molecule has 0 spiro atoms. The van der Waals surface area contributed by atoms with Crippen molar-refractivity contribution in [3.05, 3.63) is 100 Å². The lowest BCUT2D eigenvalue weighted by Gasteiger charge is -2.39. The van der Waals surface area contributed by atoms with Gasteiger partial charge in [-0.05, 0) is 118 Å². The fourth-order valence-electron chi connectivity index (χ4n) is 9.44. The lowest BCUT2D eigenvalue weighted by molar-refractivity contribution is -0.137. The van der Waals surface area contributed by atoms with Crippen LogP contribution >= 0.6 is 0 Å². The van der Waals surface area contributed by atoms with Gasteiger partial charge in [0, 0.05) is 93.3 Å². The number of carbonyl (C=O) groups excluding carboxylic acids is 4. The van der Waals surface area contributed by atoms with Crippen LogP contribution in [-0.4, -0.2) is 129 Å². The minimum absolute atomic E-state index is 0.0181. The van der Waals surface area contributed by atoms with Gasteiger partial charge in [-0.25, -0.2) is 9.59 Å². The molecule has 2 atom stereocenters. The van der Waals surface area contributed by atoms with Crippen molar-refractivity contribution in [3.8, 4) is 0 Å². The summed E-state index contributed by atoms with van der Waals surface area (Å²) >= 11 is 0. The van der Waals surface area contributed by atoms with Crippen molar-refractivity contribution < 1.29 is 23.9 Å². The zero-order valence-corrected chi connectivity index (χ0v) is 37.3. The van der Waals surface area contributed by atoms with Crippen LogP contribution < -0.4 is 21.1 Å². The van der Waals surface area contributed by atoms with Gasteiger partial charge in [-0.15, -0.1) is 0 Å². The first-order valence-corrected chi connectivity index (χ1v) is 22.6. The number of fused-ring (bicyclic) bond motifs is 2. The van der Waals surface area contributed by atoms with E-state index in [0.717, 1.165) is 38.6 Å². The Bertz CT molecular complexity index is 2510. The molecule has 4 N–H and O–H groups in total. The van der Waals surface area contributed by atoms with E-state index in [-0.39, 0.29) is 41.8 Å². The van der Waals surface area contributed by atoms with Crippen molar-refractivity contribution in [1.29, 1.82) is 0 Å². The largest absolute Gasteiger partial charge is 0.444 e. The van der Waals surface area contributed by atoms with E-state index in [2.05, 4.69) is 35.7 Å². The van der Waals surface area contributed by atoms with Gasteiger partial charge in [0.05, 0.1) is 11.7 Å². The number of benzene rings is 2. The average molecular weight is 873 g/mol. The van der Waals surface area contributed by atoms with Crippen molar-refractivity contribution in [1.82, 2.24) is 45.5 Å². The summed E-state index contributed by atoms with van der Waals surface area (Å²) in [6.07, 6.45) is 7.97. The second kappa shape index (κ2) is 19.1. The van der Waals surface area contributed by atoms with E-state index < -0.39 is 23.6 Å². The van der Waals surface area contributed by atoms with Crippen molar-refractivity contribution in [2.24, 2.45) is 5.92 Å². The van der Waals surface area contributed by atoms with Crippen LogP contribution in [0.1, 0.15) is 75.5 Å². The first-order chi connectivity index (χ1) is 30.8. The molecule has 3 aromatic heterocycles. The Balaban J connectivity index is 0.990. The van der Waals surface area contributed by atoms with Crippen LogP contribution in [0.5, 0.6) is 0 Å². The molecule has 0 bridgehead atoms. The molecule has 3 aliphatic heterocycles. The molecule has 5 aromatic rings. The Morgan fingerprint density at radius 1 is 0.812 bits per heavy atom. The molecule has 16 heteroatoms. The second-order valence-electron chi connectivity index (χ2n) is 18.6. The van der Waals surface area contributed by atoms with E-state index in [1.54, 1.807) is 28.4 Å². The van der Waals surface area contributed by atoms with E-state index >= 15 is 0 Å². The highest BCUT2D eigenvalue weighted by molar-refractivity contribution is 5.92. The van der Waals surface area contributed by atoms with Gasteiger partial charge >= 0.3 is 12.1 Å². The van der Waals surface area contributed by atoms with Gasteiger partial charge in [0.1, 0.15) is 17.7 Å². The van der Waals surface area contributed by atoms with Gasteiger partial charge in [0.15, 0.2) is 0 Å². The van der Waals surface area contributed by atoms with Crippen molar-refractivity contribution in [3.63, 3.8) is 0 Å². The predicted molar refractivity (Wildman–Crippen MR) is 245 cm³/mol. The van der Waals surface area contributed by atoms with Crippen molar-refractivity contribution >= 4 is 51.4 Å². The number of aromatic nitrogens is 4. The van der Waals surface area contributed by atoms with Gasteiger partial charge in [-0.1, -0.05) is 24.3 Å². The number of piperidine rings is 2. The first kappa shape index (κ1) is 44.2. The molecule has 3 fully saturated rings. The van der Waals surface area contributed by atoms with Crippen LogP contribution in [0.4, 0.5) is 15.3 Å². The summed E-state index contributed by atoms with van der Waals surface area (Å²) in [6.45, 7) is 11.5. The smallest absolute Gasteiger partial charge is 0.410 e. The lowest BCUT2D eigenvalue weighted by atomic mass is 9.89. The number of hydrogen-bond donors (Lipinski definition) is 4. The highest BCUT2D eigenvalue weighted by atomic mass is 16.6. The molecule has 0 saturated carbocycles. The minimum Gasteiger partial charge on any atom is -0.444 e. The number of para-hydroxylation sites is 1. The summed E-state index contributed by atoms with van der Waals surface area (Å²) in [5, 5.41) is 15.3. The molecule has 2 aromatic carbocycles. The molecule has 3 saturated heterocycles. The summed E-state index contributed by atoms with van der Waals surface area (Å²) < 4.78 is 5.63. The monoisotopic (exact) mass is 872 g/mol. The van der Waals surface area contributed by atoms with Crippen molar-refractivity contribution in [2.45, 2.75) is 89.8 Å². The Morgan fingerprint density at radius 3 is 2.23 bits per heavy atom. The number of anilines is 1. The summed E-state index contributed by atoms with van der Waals surface area (Å²) in [7, 11) is 0. The fourth-order valence-corrected chi connectivity index (χ4v) is 9.44. The number of amides is 5. The van der Waals surface area contributed by atoms with E-state index in [0.29, 0.717) is 90.0 Å². The Hall–Kier alpha value is -6.45. The molecule has 0 radical (unpaired) electrons. The highest BCUT2D eigenvalue weighted by Crippen LogP contribution is 2.29. The number of urea groups is 1. The number of nitrogens with zero attached hydrogens (tertiary/aromatic N) is 6. The molecule has 3 aliphatic rings. The lowest BCUT2D eigenvalue weighted by Crippen LogP contribution is -2.59. The third-order valence-electron chi connectivity index (χ3n) is 12.9. The number of rotatable bonds is 10. The zero-order chi connectivity index (χ0) is 45.0. The number of piperazine rings is 1. The number of aryl methyl sites for hydroxylation is 1. The quantitative estimate of drug-likeness (QED) is 0.141. The number of hydrogen-bond acceptors (Lipinski definition) is 9. The predicted octanol–water partition coefficient (Wildman–Crippen LogP) is 5.48. The van der Waals surface area contributed by atoms with E-state index in [1.165, 1.54) is 0 Å². The molecule has 8 rings (SSSR count). The zero-order valence-electron chi connectivity index (χ0n) is 37.3. The van der Waals surface area contributed by atoms with Gasteiger partial charge < -0.3 is 40.0 Å². The highest BCUT2D eigenvalue weighted by Gasteiger charge is 2.36. The minimum atomic E-state index is -1.01. The molecule has 338 valence electrons. The number of aromatic amines is 2. The van der Waals surface area contributed by atoms with Gasteiger partial charge in [0.2, 0.25) is 11.8 Å². The van der Waals surface area contributed by atoms with Gasteiger partial charge in [-0.3, -0.25) is 24.5 Å². The summed E-state index contributed by atoms with van der Waals surface area (Å²) in [4.78, 5) is 84.1. The van der Waals surface area contributed by atoms with Gasteiger partial charge in [0.25, 0.3) is 5.56 Å². The van der Waals surface area contributed by atoms with E-state index in [4.69, 9.17) is 4.74 Å². The van der Waals surface area contributed by atoms with E-state index in [9.17, 15) is 24.0 Å². The van der Waals surface area contributed by atoms with Gasteiger partial charge in [-0.2, -0.15) is 5.10 Å². The third-order valence-corrected chi connectivity index (χ3v) is 12.9. The number of H-pyrrole nitrogens is 2. The number of carbonyl (C=O) groups is 4. The van der Waals surface area contributed by atoms with Crippen LogP contribution in [0.25, 0.3) is 21.8 Å². The SMILES string of the molecule is Cc1cc(C[C@@H](NC(=O)N2CCC(c3cc4ccccc4[nH]c3=O)CC2)C(=O)N[C@@H](CC2CCN(C(=O)OC(C)(C)C)CC2)C(=O)N2CCN(c3ccncc3)CC2)cc2cn[nH]c12.